The van der Waals surface area contributed by atoms with Crippen LogP contribution in [0, 0.1) is 13.8 Å². The van der Waals surface area contributed by atoms with E-state index >= 15 is 0 Å². The maximum absolute atomic E-state index is 12.6. The zero-order valence-corrected chi connectivity index (χ0v) is 13.7. The number of benzene rings is 2. The number of hydrogen-bond donors (Lipinski definition) is 2. The summed E-state index contributed by atoms with van der Waals surface area (Å²) >= 11 is 0. The maximum Gasteiger partial charge on any atom is 0.252 e. The highest BCUT2D eigenvalue weighted by molar-refractivity contribution is 5.96. The fourth-order valence-corrected chi connectivity index (χ4v) is 2.81. The Labute approximate surface area is 136 Å². The van der Waals surface area contributed by atoms with Gasteiger partial charge in [0.1, 0.15) is 5.82 Å². The molecule has 0 fully saturated rings. The van der Waals surface area contributed by atoms with E-state index in [2.05, 4.69) is 15.3 Å². The molecule has 1 atom stereocenters. The average Bonchev–Trinajstić information content (AvgIpc) is 2.96. The molecule has 1 amide bonds. The molecular weight excluding hydrogens is 286 g/mol. The molecule has 0 radical (unpaired) electrons. The van der Waals surface area contributed by atoms with Crippen molar-refractivity contribution in [2.45, 2.75) is 33.2 Å². The molecular formula is C19H21N3O. The number of aromatic nitrogens is 2. The lowest BCUT2D eigenvalue weighted by Crippen LogP contribution is -2.29. The summed E-state index contributed by atoms with van der Waals surface area (Å²) in [5, 5.41) is 3.09. The summed E-state index contributed by atoms with van der Waals surface area (Å²) in [4.78, 5) is 20.5. The van der Waals surface area contributed by atoms with E-state index in [-0.39, 0.29) is 11.9 Å². The van der Waals surface area contributed by atoms with Crippen molar-refractivity contribution in [2.24, 2.45) is 0 Å². The number of hydrogen-bond acceptors (Lipinski definition) is 2. The molecule has 1 unspecified atom stereocenters. The second kappa shape index (κ2) is 6.24. The molecule has 2 N–H and O–H groups in total. The molecule has 1 heterocycles. The zero-order chi connectivity index (χ0) is 16.4. The van der Waals surface area contributed by atoms with Gasteiger partial charge in [0.05, 0.1) is 17.1 Å². The number of amides is 1. The largest absolute Gasteiger partial charge is 0.342 e. The number of aromatic amines is 1. The van der Waals surface area contributed by atoms with Gasteiger partial charge in [-0.15, -0.1) is 0 Å². The van der Waals surface area contributed by atoms with Crippen molar-refractivity contribution in [1.82, 2.24) is 15.3 Å². The standard InChI is InChI=1S/C19H21N3O/c1-4-15(18-20-16-7-5-6-8-17(16)21-18)22-19(23)14-10-9-12(2)11-13(14)3/h5-11,15H,4H2,1-3H3,(H,20,21)(H,22,23). The number of fused-ring (bicyclic) bond motifs is 1. The summed E-state index contributed by atoms with van der Waals surface area (Å²) in [5.41, 5.74) is 4.76. The number of rotatable bonds is 4. The lowest BCUT2D eigenvalue weighted by molar-refractivity contribution is 0.0933. The molecule has 0 aliphatic heterocycles. The summed E-state index contributed by atoms with van der Waals surface area (Å²) in [6.07, 6.45) is 0.774. The van der Waals surface area contributed by atoms with E-state index in [1.807, 2.05) is 63.2 Å². The Hall–Kier alpha value is -2.62. The van der Waals surface area contributed by atoms with Crippen LogP contribution in [0.3, 0.4) is 0 Å². The zero-order valence-electron chi connectivity index (χ0n) is 13.7. The smallest absolute Gasteiger partial charge is 0.252 e. The van der Waals surface area contributed by atoms with Crippen molar-refractivity contribution in [3.8, 4) is 0 Å². The van der Waals surface area contributed by atoms with E-state index in [1.54, 1.807) is 0 Å². The van der Waals surface area contributed by atoms with Crippen LogP contribution in [-0.4, -0.2) is 15.9 Å². The summed E-state index contributed by atoms with van der Waals surface area (Å²) in [6, 6.07) is 13.6. The van der Waals surface area contributed by atoms with Crippen LogP contribution in [-0.2, 0) is 0 Å². The minimum atomic E-state index is -0.129. The fraction of sp³-hybridized carbons (Fsp3) is 0.263. The highest BCUT2D eigenvalue weighted by Crippen LogP contribution is 2.19. The van der Waals surface area contributed by atoms with Crippen LogP contribution in [0.5, 0.6) is 0 Å². The highest BCUT2D eigenvalue weighted by atomic mass is 16.1. The molecule has 0 spiro atoms. The Kier molecular flexibility index (Phi) is 4.15. The SMILES string of the molecule is CCC(NC(=O)c1ccc(C)cc1C)c1nc2ccccc2[nH]1. The Morgan fingerprint density at radius 2 is 2.00 bits per heavy atom. The average molecular weight is 307 g/mol. The first-order chi connectivity index (χ1) is 11.1. The molecule has 23 heavy (non-hydrogen) atoms. The Bertz CT molecular complexity index is 818. The van der Waals surface area contributed by atoms with Crippen molar-refractivity contribution in [1.29, 1.82) is 0 Å². The van der Waals surface area contributed by atoms with Gasteiger partial charge in [-0.3, -0.25) is 4.79 Å². The van der Waals surface area contributed by atoms with Crippen molar-refractivity contribution < 1.29 is 4.79 Å². The van der Waals surface area contributed by atoms with Crippen LogP contribution in [0.15, 0.2) is 42.5 Å². The molecule has 118 valence electrons. The molecule has 0 saturated carbocycles. The first kappa shape index (κ1) is 15.3. The van der Waals surface area contributed by atoms with Gasteiger partial charge in [0.2, 0.25) is 0 Å². The van der Waals surface area contributed by atoms with E-state index < -0.39 is 0 Å². The van der Waals surface area contributed by atoms with Crippen LogP contribution in [0.25, 0.3) is 11.0 Å². The summed E-state index contributed by atoms with van der Waals surface area (Å²) in [5.74, 6) is 0.738. The van der Waals surface area contributed by atoms with Gasteiger partial charge in [0, 0.05) is 5.56 Å². The number of nitrogens with one attached hydrogen (secondary N) is 2. The second-order valence-corrected chi connectivity index (χ2v) is 5.89. The fourth-order valence-electron chi connectivity index (χ4n) is 2.81. The van der Waals surface area contributed by atoms with Gasteiger partial charge >= 0.3 is 0 Å². The third-order valence-electron chi connectivity index (χ3n) is 4.08. The molecule has 0 aliphatic carbocycles. The van der Waals surface area contributed by atoms with Crippen LogP contribution >= 0.6 is 0 Å². The van der Waals surface area contributed by atoms with Crippen molar-refractivity contribution in [3.63, 3.8) is 0 Å². The van der Waals surface area contributed by atoms with Gasteiger partial charge in [0.15, 0.2) is 0 Å². The molecule has 0 aliphatic rings. The summed E-state index contributed by atoms with van der Waals surface area (Å²) in [6.45, 7) is 6.03. The lowest BCUT2D eigenvalue weighted by atomic mass is 10.0. The van der Waals surface area contributed by atoms with E-state index in [0.717, 1.165) is 34.4 Å². The monoisotopic (exact) mass is 307 g/mol. The highest BCUT2D eigenvalue weighted by Gasteiger charge is 2.18. The topological polar surface area (TPSA) is 57.8 Å². The van der Waals surface area contributed by atoms with Gasteiger partial charge < -0.3 is 10.3 Å². The minimum Gasteiger partial charge on any atom is -0.342 e. The van der Waals surface area contributed by atoms with Crippen LogP contribution in [0.1, 0.15) is 46.7 Å². The van der Waals surface area contributed by atoms with Crippen LogP contribution in [0.4, 0.5) is 0 Å². The summed E-state index contributed by atoms with van der Waals surface area (Å²) in [7, 11) is 0. The van der Waals surface area contributed by atoms with E-state index in [0.29, 0.717) is 5.56 Å². The van der Waals surface area contributed by atoms with E-state index in [9.17, 15) is 4.79 Å². The molecule has 3 rings (SSSR count). The minimum absolute atomic E-state index is 0.0604. The molecule has 3 aromatic rings. The third-order valence-corrected chi connectivity index (χ3v) is 4.08. The van der Waals surface area contributed by atoms with E-state index in [1.165, 1.54) is 0 Å². The quantitative estimate of drug-likeness (QED) is 0.763. The van der Waals surface area contributed by atoms with Crippen LogP contribution in [0.2, 0.25) is 0 Å². The number of carbonyl (C=O) groups is 1. The van der Waals surface area contributed by atoms with Crippen molar-refractivity contribution in [3.05, 3.63) is 65.0 Å². The predicted molar refractivity (Wildman–Crippen MR) is 92.5 cm³/mol. The maximum atomic E-state index is 12.6. The van der Waals surface area contributed by atoms with Gasteiger partial charge in [-0.1, -0.05) is 36.8 Å². The number of carbonyl (C=O) groups excluding carboxylic acids is 1. The van der Waals surface area contributed by atoms with Crippen molar-refractivity contribution in [2.75, 3.05) is 0 Å². The summed E-state index contributed by atoms with van der Waals surface area (Å²) < 4.78 is 0. The molecule has 2 aromatic carbocycles. The number of aryl methyl sites for hydroxylation is 2. The first-order valence-electron chi connectivity index (χ1n) is 7.91. The van der Waals surface area contributed by atoms with E-state index in [4.69, 9.17) is 0 Å². The first-order valence-corrected chi connectivity index (χ1v) is 7.91. The Morgan fingerprint density at radius 1 is 1.22 bits per heavy atom. The number of imidazole rings is 1. The van der Waals surface area contributed by atoms with Gasteiger partial charge in [0.25, 0.3) is 5.91 Å². The van der Waals surface area contributed by atoms with Gasteiger partial charge in [-0.2, -0.15) is 0 Å². The molecule has 0 bridgehead atoms. The second-order valence-electron chi connectivity index (χ2n) is 5.89. The Balaban J connectivity index is 1.85. The predicted octanol–water partition coefficient (Wildman–Crippen LogP) is 4.06. The normalized spacial score (nSPS) is 12.3. The van der Waals surface area contributed by atoms with Gasteiger partial charge in [-0.05, 0) is 44.0 Å². The number of nitrogens with zero attached hydrogens (tertiary/aromatic N) is 1. The van der Waals surface area contributed by atoms with Gasteiger partial charge in [-0.25, -0.2) is 4.98 Å². The lowest BCUT2D eigenvalue weighted by Gasteiger charge is -2.16. The molecule has 4 heteroatoms. The third kappa shape index (κ3) is 3.11. The van der Waals surface area contributed by atoms with Crippen molar-refractivity contribution >= 4 is 16.9 Å². The number of para-hydroxylation sites is 2. The van der Waals surface area contributed by atoms with Crippen LogP contribution < -0.4 is 5.32 Å². The molecule has 1 aromatic heterocycles. The number of H-pyrrole nitrogens is 1. The molecule has 0 saturated heterocycles. The molecule has 4 nitrogen and oxygen atoms in total. The Morgan fingerprint density at radius 3 is 2.70 bits per heavy atom.